The van der Waals surface area contributed by atoms with Crippen molar-refractivity contribution in [3.63, 3.8) is 0 Å². The minimum atomic E-state index is 0.0264. The molecule has 2 aromatic heterocycles. The van der Waals surface area contributed by atoms with Gasteiger partial charge < -0.3 is 15.2 Å². The first kappa shape index (κ1) is 12.1. The lowest BCUT2D eigenvalue weighted by Gasteiger charge is -2.28. The summed E-state index contributed by atoms with van der Waals surface area (Å²) < 4.78 is 2.09. The van der Waals surface area contributed by atoms with Crippen LogP contribution in [0.2, 0.25) is 0 Å². The van der Waals surface area contributed by atoms with Crippen molar-refractivity contribution in [3.05, 3.63) is 36.2 Å². The summed E-state index contributed by atoms with van der Waals surface area (Å²) in [7, 11) is 0. The number of rotatable bonds is 3. The summed E-state index contributed by atoms with van der Waals surface area (Å²) >= 11 is 0. The molecule has 6 nitrogen and oxygen atoms in total. The quantitative estimate of drug-likeness (QED) is 0.892. The highest BCUT2D eigenvalue weighted by molar-refractivity contribution is 5.45. The van der Waals surface area contributed by atoms with Crippen LogP contribution >= 0.6 is 0 Å². The van der Waals surface area contributed by atoms with Gasteiger partial charge in [-0.2, -0.15) is 0 Å². The molecule has 0 radical (unpaired) electrons. The molecule has 0 aliphatic carbocycles. The van der Waals surface area contributed by atoms with Crippen molar-refractivity contribution in [1.82, 2.24) is 19.7 Å². The van der Waals surface area contributed by atoms with Gasteiger partial charge in [-0.1, -0.05) is 6.92 Å². The zero-order valence-electron chi connectivity index (χ0n) is 11.0. The summed E-state index contributed by atoms with van der Waals surface area (Å²) in [4.78, 5) is 6.72. The zero-order valence-corrected chi connectivity index (χ0v) is 11.0. The molecule has 2 N–H and O–H groups in total. The number of nitrogens with zero attached hydrogens (tertiary/aromatic N) is 5. The first-order chi connectivity index (χ1) is 9.28. The largest absolute Gasteiger partial charge is 0.361 e. The van der Waals surface area contributed by atoms with E-state index in [1.165, 1.54) is 0 Å². The van der Waals surface area contributed by atoms with Crippen LogP contribution in [0.5, 0.6) is 0 Å². The van der Waals surface area contributed by atoms with Crippen LogP contribution in [0.3, 0.4) is 0 Å². The van der Waals surface area contributed by atoms with Crippen LogP contribution in [0.1, 0.15) is 30.9 Å². The normalized spacial score (nSPS) is 16.2. The topological polar surface area (TPSA) is 72.9 Å². The monoisotopic (exact) mass is 258 g/mol. The highest BCUT2D eigenvalue weighted by Crippen LogP contribution is 2.20. The summed E-state index contributed by atoms with van der Waals surface area (Å²) in [6.45, 7) is 4.71. The molecule has 0 saturated carbocycles. The predicted molar refractivity (Wildman–Crippen MR) is 72.5 cm³/mol. The molecule has 0 bridgehead atoms. The fourth-order valence-corrected chi connectivity index (χ4v) is 2.30. The van der Waals surface area contributed by atoms with Gasteiger partial charge in [0.1, 0.15) is 6.33 Å². The van der Waals surface area contributed by atoms with Crippen LogP contribution in [0.15, 0.2) is 24.7 Å². The SMILES string of the molecule is CCC(N)c1ccc(N2CCn3cnnc3C2)cn1. The summed E-state index contributed by atoms with van der Waals surface area (Å²) in [5, 5.41) is 8.06. The summed E-state index contributed by atoms with van der Waals surface area (Å²) in [6.07, 6.45) is 4.59. The van der Waals surface area contributed by atoms with Gasteiger partial charge in [-0.15, -0.1) is 10.2 Å². The lowest BCUT2D eigenvalue weighted by Crippen LogP contribution is -2.33. The van der Waals surface area contributed by atoms with Crippen LogP contribution in [0, 0.1) is 0 Å². The Balaban J connectivity index is 1.77. The molecule has 2 aromatic rings. The second-order valence-corrected chi connectivity index (χ2v) is 4.82. The van der Waals surface area contributed by atoms with E-state index in [1.54, 1.807) is 6.33 Å². The van der Waals surface area contributed by atoms with E-state index in [4.69, 9.17) is 5.73 Å². The number of hydrogen-bond acceptors (Lipinski definition) is 5. The maximum absolute atomic E-state index is 5.97. The molecular formula is C13H18N6. The number of hydrogen-bond donors (Lipinski definition) is 1. The molecule has 3 rings (SSSR count). The Kier molecular flexibility index (Phi) is 3.16. The van der Waals surface area contributed by atoms with E-state index >= 15 is 0 Å². The van der Waals surface area contributed by atoms with Crippen LogP contribution in [-0.2, 0) is 13.1 Å². The van der Waals surface area contributed by atoms with Gasteiger partial charge in [-0.25, -0.2) is 0 Å². The van der Waals surface area contributed by atoms with E-state index < -0.39 is 0 Å². The fraction of sp³-hybridized carbons (Fsp3) is 0.462. The molecule has 0 spiro atoms. The first-order valence-corrected chi connectivity index (χ1v) is 6.61. The average Bonchev–Trinajstić information content (AvgIpc) is 2.94. The van der Waals surface area contributed by atoms with E-state index in [9.17, 15) is 0 Å². The lowest BCUT2D eigenvalue weighted by molar-refractivity contribution is 0.559. The Morgan fingerprint density at radius 1 is 1.37 bits per heavy atom. The highest BCUT2D eigenvalue weighted by atomic mass is 15.3. The molecule has 3 heterocycles. The minimum Gasteiger partial charge on any atom is -0.361 e. The van der Waals surface area contributed by atoms with Gasteiger partial charge in [0.25, 0.3) is 0 Å². The van der Waals surface area contributed by atoms with Crippen LogP contribution in [-0.4, -0.2) is 26.3 Å². The first-order valence-electron chi connectivity index (χ1n) is 6.61. The second-order valence-electron chi connectivity index (χ2n) is 4.82. The Morgan fingerprint density at radius 3 is 3.00 bits per heavy atom. The number of nitrogens with two attached hydrogens (primary N) is 1. The minimum absolute atomic E-state index is 0.0264. The molecule has 6 heteroatoms. The molecule has 0 fully saturated rings. The molecule has 100 valence electrons. The third-order valence-corrected chi connectivity index (χ3v) is 3.59. The molecular weight excluding hydrogens is 240 g/mol. The average molecular weight is 258 g/mol. The Bertz CT molecular complexity index is 547. The van der Waals surface area contributed by atoms with Crippen molar-refractivity contribution in [2.45, 2.75) is 32.5 Å². The van der Waals surface area contributed by atoms with Gasteiger partial charge in [0.2, 0.25) is 0 Å². The Hall–Kier alpha value is -1.95. The third-order valence-electron chi connectivity index (χ3n) is 3.59. The summed E-state index contributed by atoms with van der Waals surface area (Å²) in [5.74, 6) is 1.00. The standard InChI is InChI=1S/C13H18N6/c1-2-11(14)12-4-3-10(7-15-12)18-5-6-19-9-16-17-13(19)8-18/h3-4,7,9,11H,2,5-6,8,14H2,1H3. The molecule has 19 heavy (non-hydrogen) atoms. The number of pyridine rings is 1. The molecule has 0 aromatic carbocycles. The maximum Gasteiger partial charge on any atom is 0.152 e. The van der Waals surface area contributed by atoms with Crippen LogP contribution in [0.25, 0.3) is 0 Å². The van der Waals surface area contributed by atoms with Gasteiger partial charge in [-0.3, -0.25) is 4.98 Å². The van der Waals surface area contributed by atoms with Gasteiger partial charge >= 0.3 is 0 Å². The van der Waals surface area contributed by atoms with E-state index in [-0.39, 0.29) is 6.04 Å². The van der Waals surface area contributed by atoms with Crippen molar-refractivity contribution < 1.29 is 0 Å². The Labute approximate surface area is 112 Å². The van der Waals surface area contributed by atoms with Crippen LogP contribution in [0.4, 0.5) is 5.69 Å². The molecule has 0 amide bonds. The van der Waals surface area contributed by atoms with Gasteiger partial charge in [-0.05, 0) is 18.6 Å². The zero-order chi connectivity index (χ0) is 13.2. The van der Waals surface area contributed by atoms with E-state index in [1.807, 2.05) is 12.3 Å². The second kappa shape index (κ2) is 4.97. The number of fused-ring (bicyclic) bond motifs is 1. The van der Waals surface area contributed by atoms with Crippen molar-refractivity contribution in [3.8, 4) is 0 Å². The van der Waals surface area contributed by atoms with Crippen molar-refractivity contribution >= 4 is 5.69 Å². The van der Waals surface area contributed by atoms with Crippen molar-refractivity contribution in [1.29, 1.82) is 0 Å². The fourth-order valence-electron chi connectivity index (χ4n) is 2.30. The van der Waals surface area contributed by atoms with Crippen molar-refractivity contribution in [2.24, 2.45) is 5.73 Å². The highest BCUT2D eigenvalue weighted by Gasteiger charge is 2.18. The number of aromatic nitrogens is 4. The smallest absolute Gasteiger partial charge is 0.152 e. The summed E-state index contributed by atoms with van der Waals surface area (Å²) in [5.41, 5.74) is 8.04. The van der Waals surface area contributed by atoms with Gasteiger partial charge in [0, 0.05) is 19.1 Å². The molecule has 1 atom stereocenters. The van der Waals surface area contributed by atoms with Gasteiger partial charge in [0.15, 0.2) is 5.82 Å². The molecule has 1 unspecified atom stereocenters. The summed E-state index contributed by atoms with van der Waals surface area (Å²) in [6, 6.07) is 4.13. The third kappa shape index (κ3) is 2.31. The van der Waals surface area contributed by atoms with Crippen molar-refractivity contribution in [2.75, 3.05) is 11.4 Å². The van der Waals surface area contributed by atoms with E-state index in [2.05, 4.69) is 37.6 Å². The van der Waals surface area contributed by atoms with E-state index in [0.717, 1.165) is 43.3 Å². The van der Waals surface area contributed by atoms with E-state index in [0.29, 0.717) is 0 Å². The molecule has 1 aliphatic rings. The molecule has 1 aliphatic heterocycles. The Morgan fingerprint density at radius 2 is 2.26 bits per heavy atom. The predicted octanol–water partition coefficient (Wildman–Crippen LogP) is 1.10. The lowest BCUT2D eigenvalue weighted by atomic mass is 10.1. The number of anilines is 1. The maximum atomic E-state index is 5.97. The molecule has 0 saturated heterocycles. The van der Waals surface area contributed by atoms with Gasteiger partial charge in [0.05, 0.1) is 24.1 Å². The van der Waals surface area contributed by atoms with Crippen LogP contribution < -0.4 is 10.6 Å².